The molecule has 158 valence electrons. The summed E-state index contributed by atoms with van der Waals surface area (Å²) in [4.78, 5) is 30.1. The summed E-state index contributed by atoms with van der Waals surface area (Å²) in [7, 11) is 0. The van der Waals surface area contributed by atoms with Gasteiger partial charge in [0.2, 0.25) is 5.91 Å². The Balaban J connectivity index is 1.69. The summed E-state index contributed by atoms with van der Waals surface area (Å²) in [5.74, 6) is -0.244. The first-order valence-corrected chi connectivity index (χ1v) is 10.7. The van der Waals surface area contributed by atoms with Crippen molar-refractivity contribution in [2.45, 2.75) is 45.7 Å². The first-order valence-electron chi connectivity index (χ1n) is 10.7. The molecule has 1 aliphatic rings. The van der Waals surface area contributed by atoms with Gasteiger partial charge in [-0.15, -0.1) is 0 Å². The van der Waals surface area contributed by atoms with Crippen LogP contribution in [0.5, 0.6) is 0 Å². The van der Waals surface area contributed by atoms with E-state index < -0.39 is 6.04 Å². The number of anilines is 2. The van der Waals surface area contributed by atoms with Crippen LogP contribution in [-0.4, -0.2) is 17.9 Å². The van der Waals surface area contributed by atoms with Gasteiger partial charge in [0, 0.05) is 5.56 Å². The number of para-hydroxylation sites is 2. The lowest BCUT2D eigenvalue weighted by Crippen LogP contribution is -2.54. The van der Waals surface area contributed by atoms with E-state index in [-0.39, 0.29) is 17.2 Å². The highest BCUT2D eigenvalue weighted by Crippen LogP contribution is 2.38. The van der Waals surface area contributed by atoms with Crippen molar-refractivity contribution in [3.63, 3.8) is 0 Å². The highest BCUT2D eigenvalue weighted by atomic mass is 16.2. The minimum atomic E-state index is -0.587. The van der Waals surface area contributed by atoms with Gasteiger partial charge < -0.3 is 4.90 Å². The number of benzene rings is 3. The predicted octanol–water partition coefficient (Wildman–Crippen LogP) is 5.57. The van der Waals surface area contributed by atoms with Crippen LogP contribution < -0.4 is 9.80 Å². The van der Waals surface area contributed by atoms with E-state index in [1.54, 1.807) is 28.9 Å². The molecular formula is C27H28N2O2. The lowest BCUT2D eigenvalue weighted by Gasteiger charge is -2.40. The second kappa shape index (κ2) is 8.03. The van der Waals surface area contributed by atoms with Gasteiger partial charge in [-0.3, -0.25) is 14.5 Å². The van der Waals surface area contributed by atoms with E-state index >= 15 is 0 Å². The maximum Gasteiger partial charge on any atom is 0.259 e. The largest absolute Gasteiger partial charge is 0.304 e. The van der Waals surface area contributed by atoms with Crippen LogP contribution in [0.2, 0.25) is 0 Å². The van der Waals surface area contributed by atoms with Gasteiger partial charge in [0.1, 0.15) is 6.04 Å². The fraction of sp³-hybridized carbons (Fsp3) is 0.259. The number of fused-ring (bicyclic) bond motifs is 1. The van der Waals surface area contributed by atoms with Crippen LogP contribution in [0.25, 0.3) is 0 Å². The van der Waals surface area contributed by atoms with Crippen molar-refractivity contribution in [1.29, 1.82) is 0 Å². The molecule has 2 amide bonds. The molecule has 0 saturated carbocycles. The van der Waals surface area contributed by atoms with Crippen molar-refractivity contribution in [2.75, 3.05) is 9.80 Å². The Labute approximate surface area is 184 Å². The number of nitrogens with zero attached hydrogens (tertiary/aromatic N) is 2. The summed E-state index contributed by atoms with van der Waals surface area (Å²) in [5.41, 5.74) is 4.49. The summed E-state index contributed by atoms with van der Waals surface area (Å²) in [6.45, 7) is 8.83. The minimum absolute atomic E-state index is 0.0807. The van der Waals surface area contributed by atoms with Crippen LogP contribution in [0.3, 0.4) is 0 Å². The average molecular weight is 413 g/mol. The molecule has 0 fully saturated rings. The maximum atomic E-state index is 13.4. The third-order valence-electron chi connectivity index (χ3n) is 5.84. The molecule has 0 bridgehead atoms. The van der Waals surface area contributed by atoms with Gasteiger partial charge in [0.05, 0.1) is 17.9 Å². The van der Waals surface area contributed by atoms with Crippen LogP contribution in [-0.2, 0) is 16.8 Å². The molecule has 4 heteroatoms. The Morgan fingerprint density at radius 1 is 0.839 bits per heavy atom. The fourth-order valence-electron chi connectivity index (χ4n) is 4.02. The lowest BCUT2D eigenvalue weighted by atomic mass is 9.86. The predicted molar refractivity (Wildman–Crippen MR) is 125 cm³/mol. The monoisotopic (exact) mass is 412 g/mol. The topological polar surface area (TPSA) is 40.6 Å². The highest BCUT2D eigenvalue weighted by Gasteiger charge is 2.38. The van der Waals surface area contributed by atoms with E-state index in [0.717, 1.165) is 16.9 Å². The molecule has 0 radical (unpaired) electrons. The molecule has 4 rings (SSSR count). The molecule has 4 nitrogen and oxygen atoms in total. The van der Waals surface area contributed by atoms with Crippen LogP contribution in [0, 0.1) is 0 Å². The molecule has 0 aliphatic carbocycles. The van der Waals surface area contributed by atoms with Crippen LogP contribution in [0.15, 0.2) is 78.9 Å². The van der Waals surface area contributed by atoms with E-state index in [9.17, 15) is 9.59 Å². The molecule has 1 aliphatic heterocycles. The summed E-state index contributed by atoms with van der Waals surface area (Å²) >= 11 is 0. The normalized spacial score (nSPS) is 16.3. The van der Waals surface area contributed by atoms with E-state index in [1.807, 2.05) is 42.5 Å². The maximum absolute atomic E-state index is 13.4. The smallest absolute Gasteiger partial charge is 0.259 e. The molecule has 1 heterocycles. The summed E-state index contributed by atoms with van der Waals surface area (Å²) in [6.07, 6.45) is 0. The van der Waals surface area contributed by atoms with Crippen molar-refractivity contribution in [2.24, 2.45) is 0 Å². The third-order valence-corrected chi connectivity index (χ3v) is 5.84. The number of amides is 2. The second-order valence-corrected chi connectivity index (χ2v) is 9.08. The molecule has 0 saturated heterocycles. The quantitative estimate of drug-likeness (QED) is 0.565. The average Bonchev–Trinajstić information content (AvgIpc) is 2.77. The molecule has 31 heavy (non-hydrogen) atoms. The van der Waals surface area contributed by atoms with Crippen LogP contribution in [0.4, 0.5) is 11.4 Å². The first kappa shape index (κ1) is 20.9. The van der Waals surface area contributed by atoms with Crippen molar-refractivity contribution in [3.8, 4) is 0 Å². The van der Waals surface area contributed by atoms with E-state index in [1.165, 1.54) is 5.56 Å². The van der Waals surface area contributed by atoms with E-state index in [4.69, 9.17) is 0 Å². The van der Waals surface area contributed by atoms with Crippen molar-refractivity contribution >= 4 is 23.2 Å². The number of carbonyl (C=O) groups excluding carboxylic acids is 2. The Bertz CT molecular complexity index is 1100. The molecule has 0 aromatic heterocycles. The van der Waals surface area contributed by atoms with Crippen LogP contribution in [0.1, 0.15) is 49.2 Å². The SMILES string of the molecule is CC1C(=O)N(Cc2ccc(C(C)(C)C)cc2)c2ccccc2N1C(=O)c1ccccc1. The second-order valence-electron chi connectivity index (χ2n) is 9.08. The van der Waals surface area contributed by atoms with Gasteiger partial charge in [-0.25, -0.2) is 0 Å². The van der Waals surface area contributed by atoms with E-state index in [0.29, 0.717) is 12.1 Å². The summed E-state index contributed by atoms with van der Waals surface area (Å²) in [5, 5.41) is 0. The first-order chi connectivity index (χ1) is 14.8. The van der Waals surface area contributed by atoms with Crippen molar-refractivity contribution < 1.29 is 9.59 Å². The molecule has 1 atom stereocenters. The summed E-state index contributed by atoms with van der Waals surface area (Å²) < 4.78 is 0. The van der Waals surface area contributed by atoms with Gasteiger partial charge in [-0.05, 0) is 47.7 Å². The van der Waals surface area contributed by atoms with Gasteiger partial charge >= 0.3 is 0 Å². The Morgan fingerprint density at radius 3 is 2.03 bits per heavy atom. The number of carbonyl (C=O) groups is 2. The van der Waals surface area contributed by atoms with Gasteiger partial charge in [-0.2, -0.15) is 0 Å². The lowest BCUT2D eigenvalue weighted by molar-refractivity contribution is -0.119. The fourth-order valence-corrected chi connectivity index (χ4v) is 4.02. The Kier molecular flexibility index (Phi) is 5.40. The van der Waals surface area contributed by atoms with Crippen molar-refractivity contribution in [3.05, 3.63) is 95.6 Å². The zero-order chi connectivity index (χ0) is 22.2. The van der Waals surface area contributed by atoms with Crippen molar-refractivity contribution in [1.82, 2.24) is 0 Å². The molecule has 3 aromatic rings. The molecular weight excluding hydrogens is 384 g/mol. The number of rotatable bonds is 3. The van der Waals surface area contributed by atoms with Crippen LogP contribution >= 0.6 is 0 Å². The summed E-state index contributed by atoms with van der Waals surface area (Å²) in [6, 6.07) is 24.6. The molecule has 0 N–H and O–H groups in total. The van der Waals surface area contributed by atoms with Gasteiger partial charge in [0.15, 0.2) is 0 Å². The zero-order valence-corrected chi connectivity index (χ0v) is 18.5. The number of hydrogen-bond donors (Lipinski definition) is 0. The highest BCUT2D eigenvalue weighted by molar-refractivity contribution is 6.17. The Morgan fingerprint density at radius 2 is 1.42 bits per heavy atom. The van der Waals surface area contributed by atoms with E-state index in [2.05, 4.69) is 45.0 Å². The third kappa shape index (κ3) is 3.98. The van der Waals surface area contributed by atoms with Gasteiger partial charge in [-0.1, -0.05) is 75.4 Å². The van der Waals surface area contributed by atoms with Gasteiger partial charge in [0.25, 0.3) is 5.91 Å². The molecule has 0 spiro atoms. The molecule has 1 unspecified atom stereocenters. The zero-order valence-electron chi connectivity index (χ0n) is 18.5. The Hall–Kier alpha value is -3.40. The standard InChI is InChI=1S/C27H28N2O2/c1-19-25(30)28(18-20-14-16-22(17-15-20)27(2,3)4)23-12-8-9-13-24(23)29(19)26(31)21-10-6-5-7-11-21/h5-17,19H,18H2,1-4H3. The molecule has 3 aromatic carbocycles. The minimum Gasteiger partial charge on any atom is -0.304 e. The number of hydrogen-bond acceptors (Lipinski definition) is 2.